The van der Waals surface area contributed by atoms with Gasteiger partial charge in [-0.05, 0) is 55.9 Å². The van der Waals surface area contributed by atoms with Crippen LogP contribution in [0.2, 0.25) is 0 Å². The molecule has 2 N–H and O–H groups in total. The number of sulfonamides is 1. The number of fused-ring (bicyclic) bond motifs is 1. The number of aliphatic carboxylic acids is 1. The molecule has 2 rings (SSSR count). The van der Waals surface area contributed by atoms with Crippen molar-refractivity contribution in [2.45, 2.75) is 50.0 Å². The van der Waals surface area contributed by atoms with Crippen molar-refractivity contribution in [3.05, 3.63) is 29.3 Å². The Balaban J connectivity index is 2.08. The Bertz CT molecular complexity index is 610. The average Bonchev–Trinajstić information content (AvgIpc) is 2.83. The molecule has 0 aromatic heterocycles. The van der Waals surface area contributed by atoms with E-state index in [1.807, 2.05) is 6.07 Å². The molecule has 0 aliphatic heterocycles. The molecule has 1 aromatic carbocycles. The van der Waals surface area contributed by atoms with Crippen LogP contribution in [0.5, 0.6) is 0 Å². The van der Waals surface area contributed by atoms with Gasteiger partial charge in [0.2, 0.25) is 10.0 Å². The van der Waals surface area contributed by atoms with E-state index in [2.05, 4.69) is 4.72 Å². The molecule has 1 aromatic rings. The van der Waals surface area contributed by atoms with E-state index in [4.69, 9.17) is 5.11 Å². The Hall–Kier alpha value is -1.40. The SMILES string of the molecule is CC(CCC(=O)O)NS(=O)(=O)c1ccc2c(c1)CCC2. The summed E-state index contributed by atoms with van der Waals surface area (Å²) < 4.78 is 27.0. The summed E-state index contributed by atoms with van der Waals surface area (Å²) in [7, 11) is -3.57. The molecule has 1 unspecified atom stereocenters. The largest absolute Gasteiger partial charge is 0.481 e. The first-order valence-corrected chi connectivity index (χ1v) is 8.23. The first-order valence-electron chi connectivity index (χ1n) is 6.74. The normalized spacial score (nSPS) is 15.8. The molecule has 6 heteroatoms. The number of aryl methyl sites for hydroxylation is 2. The molecule has 0 saturated carbocycles. The van der Waals surface area contributed by atoms with Crippen LogP contribution >= 0.6 is 0 Å². The van der Waals surface area contributed by atoms with Gasteiger partial charge in [0.15, 0.2) is 0 Å². The Kier molecular flexibility index (Phi) is 4.45. The summed E-state index contributed by atoms with van der Waals surface area (Å²) >= 11 is 0. The van der Waals surface area contributed by atoms with Crippen molar-refractivity contribution in [2.24, 2.45) is 0 Å². The van der Waals surface area contributed by atoms with Crippen LogP contribution in [0.1, 0.15) is 37.3 Å². The Morgan fingerprint density at radius 3 is 2.75 bits per heavy atom. The molecule has 1 aliphatic rings. The summed E-state index contributed by atoms with van der Waals surface area (Å²) in [6.07, 6.45) is 3.24. The summed E-state index contributed by atoms with van der Waals surface area (Å²) in [6, 6.07) is 4.83. The van der Waals surface area contributed by atoms with E-state index in [1.54, 1.807) is 19.1 Å². The minimum atomic E-state index is -3.57. The molecule has 20 heavy (non-hydrogen) atoms. The highest BCUT2D eigenvalue weighted by Crippen LogP contribution is 2.24. The molecule has 110 valence electrons. The number of nitrogens with one attached hydrogen (secondary N) is 1. The Morgan fingerprint density at radius 1 is 1.35 bits per heavy atom. The Labute approximate surface area is 119 Å². The van der Waals surface area contributed by atoms with E-state index in [0.717, 1.165) is 24.8 Å². The fraction of sp³-hybridized carbons (Fsp3) is 0.500. The number of carboxylic acid groups (broad SMARTS) is 1. The number of carbonyl (C=O) groups is 1. The van der Waals surface area contributed by atoms with Crippen molar-refractivity contribution in [2.75, 3.05) is 0 Å². The third-order valence-electron chi connectivity index (χ3n) is 3.53. The molecular weight excluding hydrogens is 278 g/mol. The summed E-state index contributed by atoms with van der Waals surface area (Å²) in [6.45, 7) is 1.67. The van der Waals surface area contributed by atoms with Crippen molar-refractivity contribution in [1.29, 1.82) is 0 Å². The standard InChI is InChI=1S/C14H19NO4S/c1-10(5-8-14(16)17)15-20(18,19)13-7-6-11-3-2-4-12(11)9-13/h6-7,9-10,15H,2-5,8H2,1H3,(H,16,17). The molecule has 5 nitrogen and oxygen atoms in total. The molecular formula is C14H19NO4S. The topological polar surface area (TPSA) is 83.5 Å². The predicted octanol–water partition coefficient (Wildman–Crippen LogP) is 1.71. The van der Waals surface area contributed by atoms with Crippen molar-refractivity contribution in [1.82, 2.24) is 4.72 Å². The molecule has 0 spiro atoms. The van der Waals surface area contributed by atoms with Gasteiger partial charge >= 0.3 is 5.97 Å². The maximum absolute atomic E-state index is 12.2. The van der Waals surface area contributed by atoms with Crippen LogP contribution in [0, 0.1) is 0 Å². The minimum Gasteiger partial charge on any atom is -0.481 e. The van der Waals surface area contributed by atoms with E-state index in [1.165, 1.54) is 5.56 Å². The smallest absolute Gasteiger partial charge is 0.303 e. The summed E-state index contributed by atoms with van der Waals surface area (Å²) in [5.74, 6) is -0.923. The molecule has 0 saturated heterocycles. The highest BCUT2D eigenvalue weighted by atomic mass is 32.2. The van der Waals surface area contributed by atoms with Gasteiger partial charge in [-0.1, -0.05) is 6.07 Å². The third kappa shape index (κ3) is 3.58. The lowest BCUT2D eigenvalue weighted by molar-refractivity contribution is -0.137. The van der Waals surface area contributed by atoms with E-state index in [0.29, 0.717) is 0 Å². The van der Waals surface area contributed by atoms with Crippen LogP contribution in [0.25, 0.3) is 0 Å². The summed E-state index contributed by atoms with van der Waals surface area (Å²) in [5.41, 5.74) is 2.33. The maximum Gasteiger partial charge on any atom is 0.303 e. The van der Waals surface area contributed by atoms with Gasteiger partial charge in [0.25, 0.3) is 0 Å². The van der Waals surface area contributed by atoms with Gasteiger partial charge in [0.1, 0.15) is 0 Å². The van der Waals surface area contributed by atoms with Crippen molar-refractivity contribution >= 4 is 16.0 Å². The van der Waals surface area contributed by atoms with Gasteiger partial charge in [-0.25, -0.2) is 13.1 Å². The number of hydrogen-bond acceptors (Lipinski definition) is 3. The van der Waals surface area contributed by atoms with Crippen LogP contribution < -0.4 is 4.72 Å². The van der Waals surface area contributed by atoms with Crippen LogP contribution in [0.3, 0.4) is 0 Å². The number of benzene rings is 1. The lowest BCUT2D eigenvalue weighted by atomic mass is 10.1. The second-order valence-corrected chi connectivity index (χ2v) is 6.95. The van der Waals surface area contributed by atoms with Crippen molar-refractivity contribution in [3.63, 3.8) is 0 Å². The quantitative estimate of drug-likeness (QED) is 0.837. The molecule has 0 amide bonds. The highest BCUT2D eigenvalue weighted by molar-refractivity contribution is 7.89. The lowest BCUT2D eigenvalue weighted by Crippen LogP contribution is -2.33. The maximum atomic E-state index is 12.2. The fourth-order valence-electron chi connectivity index (χ4n) is 2.45. The second-order valence-electron chi connectivity index (χ2n) is 5.24. The monoisotopic (exact) mass is 297 g/mol. The van der Waals surface area contributed by atoms with Crippen LogP contribution in [-0.2, 0) is 27.7 Å². The van der Waals surface area contributed by atoms with E-state index >= 15 is 0 Å². The van der Waals surface area contributed by atoms with Gasteiger partial charge in [-0.3, -0.25) is 4.79 Å². The molecule has 0 bridgehead atoms. The minimum absolute atomic E-state index is 0.0477. The first kappa shape index (κ1) is 15.0. The van der Waals surface area contributed by atoms with Gasteiger partial charge in [0.05, 0.1) is 4.90 Å². The molecule has 0 radical (unpaired) electrons. The zero-order chi connectivity index (χ0) is 14.8. The number of rotatable bonds is 6. The molecule has 1 atom stereocenters. The second kappa shape index (κ2) is 5.93. The fourth-order valence-corrected chi connectivity index (χ4v) is 3.78. The van der Waals surface area contributed by atoms with Crippen LogP contribution in [0.4, 0.5) is 0 Å². The van der Waals surface area contributed by atoms with Gasteiger partial charge in [0, 0.05) is 12.5 Å². The number of hydrogen-bond donors (Lipinski definition) is 2. The highest BCUT2D eigenvalue weighted by Gasteiger charge is 2.20. The van der Waals surface area contributed by atoms with E-state index < -0.39 is 22.0 Å². The van der Waals surface area contributed by atoms with Crippen LogP contribution in [0.15, 0.2) is 23.1 Å². The van der Waals surface area contributed by atoms with E-state index in [-0.39, 0.29) is 17.7 Å². The summed E-state index contributed by atoms with van der Waals surface area (Å²) in [5, 5.41) is 8.61. The molecule has 0 heterocycles. The van der Waals surface area contributed by atoms with Gasteiger partial charge < -0.3 is 5.11 Å². The first-order chi connectivity index (χ1) is 9.38. The lowest BCUT2D eigenvalue weighted by Gasteiger charge is -2.14. The van der Waals surface area contributed by atoms with Crippen molar-refractivity contribution in [3.8, 4) is 0 Å². The molecule has 1 aliphatic carbocycles. The number of carboxylic acids is 1. The average molecular weight is 297 g/mol. The zero-order valence-corrected chi connectivity index (χ0v) is 12.2. The third-order valence-corrected chi connectivity index (χ3v) is 5.12. The van der Waals surface area contributed by atoms with Gasteiger partial charge in [-0.2, -0.15) is 0 Å². The van der Waals surface area contributed by atoms with Gasteiger partial charge in [-0.15, -0.1) is 0 Å². The van der Waals surface area contributed by atoms with E-state index in [9.17, 15) is 13.2 Å². The predicted molar refractivity (Wildman–Crippen MR) is 75.1 cm³/mol. The van der Waals surface area contributed by atoms with Crippen LogP contribution in [-0.4, -0.2) is 25.5 Å². The Morgan fingerprint density at radius 2 is 2.05 bits per heavy atom. The van der Waals surface area contributed by atoms with Crippen molar-refractivity contribution < 1.29 is 18.3 Å². The zero-order valence-electron chi connectivity index (χ0n) is 11.4. The molecule has 0 fully saturated rings. The summed E-state index contributed by atoms with van der Waals surface area (Å²) in [4.78, 5) is 10.8.